The van der Waals surface area contributed by atoms with Gasteiger partial charge in [-0.05, 0) is 31.5 Å². The van der Waals surface area contributed by atoms with Crippen LogP contribution in [0.25, 0.3) is 11.0 Å². The van der Waals surface area contributed by atoms with Gasteiger partial charge in [-0.2, -0.15) is 0 Å². The molecule has 0 saturated heterocycles. The summed E-state index contributed by atoms with van der Waals surface area (Å²) in [6.07, 6.45) is 1.25. The molecule has 1 aliphatic heterocycles. The monoisotopic (exact) mass is 300 g/mol. The summed E-state index contributed by atoms with van der Waals surface area (Å²) in [6.45, 7) is 7.11. The molecule has 114 valence electrons. The lowest BCUT2D eigenvalue weighted by Crippen LogP contribution is -2.48. The van der Waals surface area contributed by atoms with Crippen molar-refractivity contribution in [1.82, 2.24) is 0 Å². The largest absolute Gasteiger partial charge is 0.484 e. The minimum absolute atomic E-state index is 0.402. The molecule has 1 aromatic carbocycles. The van der Waals surface area contributed by atoms with Crippen LogP contribution in [0.3, 0.4) is 0 Å². The molecule has 0 spiro atoms. The summed E-state index contributed by atoms with van der Waals surface area (Å²) in [5.41, 5.74) is 0.292. The number of carbonyl (C=O) groups is 1. The van der Waals surface area contributed by atoms with Crippen LogP contribution in [0.5, 0.6) is 5.75 Å². The zero-order valence-electron chi connectivity index (χ0n) is 12.4. The van der Waals surface area contributed by atoms with E-state index in [1.165, 1.54) is 6.07 Å². The van der Waals surface area contributed by atoms with Crippen molar-refractivity contribution in [1.29, 1.82) is 0 Å². The molecule has 0 N–H and O–H groups in total. The number of benzene rings is 1. The van der Waals surface area contributed by atoms with Gasteiger partial charge in [-0.15, -0.1) is 0 Å². The number of hydrogen-bond donors (Lipinski definition) is 0. The Morgan fingerprint density at radius 1 is 1.41 bits per heavy atom. The van der Waals surface area contributed by atoms with Gasteiger partial charge in [0.2, 0.25) is 0 Å². The Labute approximate surface area is 127 Å². The maximum absolute atomic E-state index is 11.5. The molecule has 5 nitrogen and oxygen atoms in total. The van der Waals surface area contributed by atoms with E-state index in [1.807, 2.05) is 19.9 Å². The van der Waals surface area contributed by atoms with Crippen LogP contribution in [0.4, 0.5) is 0 Å². The Balaban J connectivity index is 2.03. The third-order valence-corrected chi connectivity index (χ3v) is 3.78. The van der Waals surface area contributed by atoms with Gasteiger partial charge in [-0.25, -0.2) is 9.59 Å². The molecular formula is C17H16O5. The van der Waals surface area contributed by atoms with E-state index in [1.54, 1.807) is 12.1 Å². The normalized spacial score (nSPS) is 19.1. The summed E-state index contributed by atoms with van der Waals surface area (Å²) in [5.74, 6) is 0.162. The first-order valence-electron chi connectivity index (χ1n) is 6.98. The topological polar surface area (TPSA) is 65.7 Å². The summed E-state index contributed by atoms with van der Waals surface area (Å²) in [4.78, 5) is 22.8. The third kappa shape index (κ3) is 2.50. The molecule has 3 rings (SSSR count). The fraction of sp³-hybridized carbons (Fsp3) is 0.294. The van der Waals surface area contributed by atoms with Crippen molar-refractivity contribution in [3.8, 4) is 5.75 Å². The van der Waals surface area contributed by atoms with Gasteiger partial charge in [0, 0.05) is 30.0 Å². The molecule has 2 heterocycles. The Morgan fingerprint density at radius 2 is 2.18 bits per heavy atom. The molecule has 1 aromatic heterocycles. The van der Waals surface area contributed by atoms with E-state index < -0.39 is 23.3 Å². The highest BCUT2D eigenvalue weighted by Crippen LogP contribution is 2.37. The summed E-state index contributed by atoms with van der Waals surface area (Å²) in [5, 5.41) is 0.801. The second-order valence-corrected chi connectivity index (χ2v) is 5.79. The first-order valence-corrected chi connectivity index (χ1v) is 6.98. The van der Waals surface area contributed by atoms with Crippen LogP contribution < -0.4 is 10.4 Å². The molecule has 0 saturated carbocycles. The molecule has 22 heavy (non-hydrogen) atoms. The molecule has 1 atom stereocenters. The van der Waals surface area contributed by atoms with Gasteiger partial charge in [0.1, 0.15) is 23.0 Å². The highest BCUT2D eigenvalue weighted by Gasteiger charge is 2.39. The average Bonchev–Trinajstić information content (AvgIpc) is 2.45. The number of fused-ring (bicyclic) bond motifs is 2. The fourth-order valence-corrected chi connectivity index (χ4v) is 2.56. The van der Waals surface area contributed by atoms with Crippen molar-refractivity contribution in [2.75, 3.05) is 0 Å². The van der Waals surface area contributed by atoms with Crippen LogP contribution in [0.2, 0.25) is 0 Å². The van der Waals surface area contributed by atoms with Crippen LogP contribution in [-0.2, 0) is 16.0 Å². The Morgan fingerprint density at radius 3 is 2.91 bits per heavy atom. The molecule has 0 radical (unpaired) electrons. The third-order valence-electron chi connectivity index (χ3n) is 3.78. The number of carbonyl (C=O) groups excluding carboxylic acids is 1. The van der Waals surface area contributed by atoms with E-state index in [0.717, 1.165) is 17.0 Å². The van der Waals surface area contributed by atoms with Crippen molar-refractivity contribution >= 4 is 16.9 Å². The zero-order valence-corrected chi connectivity index (χ0v) is 12.4. The smallest absolute Gasteiger partial charge is 0.336 e. The predicted octanol–water partition coefficient (Wildman–Crippen LogP) is 2.60. The Bertz CT molecular complexity index is 815. The number of hydrogen-bond acceptors (Lipinski definition) is 5. The van der Waals surface area contributed by atoms with Gasteiger partial charge >= 0.3 is 11.6 Å². The lowest BCUT2D eigenvalue weighted by molar-refractivity contribution is -0.155. The van der Waals surface area contributed by atoms with Crippen molar-refractivity contribution in [2.24, 2.45) is 0 Å². The quantitative estimate of drug-likeness (QED) is 0.484. The summed E-state index contributed by atoms with van der Waals surface area (Å²) in [6, 6.07) is 6.67. The molecule has 1 unspecified atom stereocenters. The van der Waals surface area contributed by atoms with Gasteiger partial charge in [-0.1, -0.05) is 6.58 Å². The lowest BCUT2D eigenvalue weighted by Gasteiger charge is -2.39. The maximum atomic E-state index is 11.5. The van der Waals surface area contributed by atoms with Crippen LogP contribution in [-0.4, -0.2) is 17.7 Å². The summed E-state index contributed by atoms with van der Waals surface area (Å²) < 4.78 is 16.5. The molecule has 0 aliphatic carbocycles. The second-order valence-electron chi connectivity index (χ2n) is 5.79. The van der Waals surface area contributed by atoms with E-state index in [4.69, 9.17) is 13.9 Å². The second kappa shape index (κ2) is 5.02. The minimum atomic E-state index is -0.686. The van der Waals surface area contributed by atoms with Gasteiger partial charge in [0.05, 0.1) is 0 Å². The van der Waals surface area contributed by atoms with E-state index in [9.17, 15) is 9.59 Å². The molecule has 0 bridgehead atoms. The van der Waals surface area contributed by atoms with Gasteiger partial charge < -0.3 is 13.9 Å². The van der Waals surface area contributed by atoms with Crippen molar-refractivity contribution in [2.45, 2.75) is 32.0 Å². The van der Waals surface area contributed by atoms with Crippen molar-refractivity contribution < 1.29 is 18.7 Å². The van der Waals surface area contributed by atoms with Crippen molar-refractivity contribution in [3.63, 3.8) is 0 Å². The van der Waals surface area contributed by atoms with E-state index in [-0.39, 0.29) is 0 Å². The van der Waals surface area contributed by atoms with E-state index in [2.05, 4.69) is 6.58 Å². The first-order chi connectivity index (χ1) is 10.4. The summed E-state index contributed by atoms with van der Waals surface area (Å²) in [7, 11) is 0. The SMILES string of the molecule is C=CC(=O)OC1Cc2cc3ccc(=O)oc3cc2OC1(C)C. The highest BCUT2D eigenvalue weighted by atomic mass is 16.6. The lowest BCUT2D eigenvalue weighted by atomic mass is 9.90. The number of ether oxygens (including phenoxy) is 2. The van der Waals surface area contributed by atoms with Crippen LogP contribution in [0, 0.1) is 0 Å². The predicted molar refractivity (Wildman–Crippen MR) is 81.0 cm³/mol. The molecule has 1 aliphatic rings. The van der Waals surface area contributed by atoms with E-state index in [0.29, 0.717) is 17.8 Å². The molecule has 0 amide bonds. The first kappa shape index (κ1) is 14.4. The molecule has 2 aromatic rings. The van der Waals surface area contributed by atoms with Crippen LogP contribution in [0.1, 0.15) is 19.4 Å². The standard InChI is InChI=1S/C17H16O5/c1-4-15(18)21-14-8-11-7-10-5-6-16(19)20-12(10)9-13(11)22-17(14,2)3/h4-7,9,14H,1,8H2,2-3H3. The number of esters is 1. The van der Waals surface area contributed by atoms with Crippen molar-refractivity contribution in [3.05, 3.63) is 52.9 Å². The highest BCUT2D eigenvalue weighted by molar-refractivity contribution is 5.82. The minimum Gasteiger partial charge on any atom is -0.484 e. The van der Waals surface area contributed by atoms with Crippen LogP contribution >= 0.6 is 0 Å². The molecular weight excluding hydrogens is 284 g/mol. The van der Waals surface area contributed by atoms with E-state index >= 15 is 0 Å². The zero-order chi connectivity index (χ0) is 15.9. The van der Waals surface area contributed by atoms with Gasteiger partial charge in [-0.3, -0.25) is 0 Å². The Hall–Kier alpha value is -2.56. The molecule has 5 heteroatoms. The maximum Gasteiger partial charge on any atom is 0.336 e. The Kier molecular flexibility index (Phi) is 3.28. The fourth-order valence-electron chi connectivity index (χ4n) is 2.56. The van der Waals surface area contributed by atoms with Gasteiger partial charge in [0.25, 0.3) is 0 Å². The average molecular weight is 300 g/mol. The number of rotatable bonds is 2. The summed E-state index contributed by atoms with van der Waals surface area (Å²) >= 11 is 0. The van der Waals surface area contributed by atoms with Crippen LogP contribution in [0.15, 0.2) is 46.1 Å². The van der Waals surface area contributed by atoms with Gasteiger partial charge in [0.15, 0.2) is 0 Å². The molecule has 0 fully saturated rings.